The quantitative estimate of drug-likeness (QED) is 0.748. The van der Waals surface area contributed by atoms with Gasteiger partial charge >= 0.3 is 0 Å². The van der Waals surface area contributed by atoms with E-state index in [0.29, 0.717) is 17.5 Å². The number of aliphatic hydroxyl groups is 1. The zero-order valence-electron chi connectivity index (χ0n) is 11.2. The molecule has 0 aliphatic rings. The molecule has 0 aliphatic heterocycles. The lowest BCUT2D eigenvalue weighted by molar-refractivity contribution is 0.250. The summed E-state index contributed by atoms with van der Waals surface area (Å²) < 4.78 is 13.8. The van der Waals surface area contributed by atoms with Gasteiger partial charge in [0.1, 0.15) is 5.82 Å². The second-order valence-electron chi connectivity index (χ2n) is 4.86. The van der Waals surface area contributed by atoms with Crippen LogP contribution in [0.5, 0.6) is 0 Å². The van der Waals surface area contributed by atoms with Crippen LogP contribution in [-0.4, -0.2) is 23.5 Å². The van der Waals surface area contributed by atoms with E-state index in [4.69, 9.17) is 5.11 Å². The molecule has 0 saturated carbocycles. The molecule has 0 aromatic heterocycles. The number of rotatable bonds is 7. The van der Waals surface area contributed by atoms with E-state index in [1.54, 1.807) is 6.07 Å². The Labute approximate surface area is 113 Å². The molecular formula is C14H22FNOS. The minimum Gasteiger partial charge on any atom is -0.396 e. The van der Waals surface area contributed by atoms with Crippen LogP contribution in [0.3, 0.4) is 0 Å². The summed E-state index contributed by atoms with van der Waals surface area (Å²) >= 11 is 1.48. The third-order valence-corrected chi connectivity index (χ3v) is 4.05. The summed E-state index contributed by atoms with van der Waals surface area (Å²) in [5, 5.41) is 12.3. The molecule has 1 unspecified atom stereocenters. The number of halogens is 1. The Morgan fingerprint density at radius 3 is 2.67 bits per heavy atom. The smallest absolute Gasteiger partial charge is 0.137 e. The topological polar surface area (TPSA) is 32.3 Å². The van der Waals surface area contributed by atoms with Crippen LogP contribution in [-0.2, 0) is 6.54 Å². The second-order valence-corrected chi connectivity index (χ2v) is 5.89. The Morgan fingerprint density at radius 1 is 1.33 bits per heavy atom. The Balaban J connectivity index is 2.73. The van der Waals surface area contributed by atoms with Gasteiger partial charge in [-0.05, 0) is 17.5 Å². The highest BCUT2D eigenvalue weighted by Gasteiger charge is 2.11. The summed E-state index contributed by atoms with van der Waals surface area (Å²) in [5.74, 6) is 0.736. The minimum atomic E-state index is -0.173. The molecule has 0 fully saturated rings. The van der Waals surface area contributed by atoms with Gasteiger partial charge in [0.15, 0.2) is 0 Å². The van der Waals surface area contributed by atoms with Gasteiger partial charge in [0.05, 0.1) is 0 Å². The monoisotopic (exact) mass is 271 g/mol. The van der Waals surface area contributed by atoms with Crippen LogP contribution in [0, 0.1) is 11.7 Å². The highest BCUT2D eigenvalue weighted by Crippen LogP contribution is 2.27. The van der Waals surface area contributed by atoms with Gasteiger partial charge in [0, 0.05) is 29.8 Å². The average molecular weight is 271 g/mol. The summed E-state index contributed by atoms with van der Waals surface area (Å²) in [7, 11) is 0. The zero-order chi connectivity index (χ0) is 13.5. The molecule has 0 saturated heterocycles. The number of hydrogen-bond donors (Lipinski definition) is 2. The van der Waals surface area contributed by atoms with E-state index in [1.807, 2.05) is 13.0 Å². The van der Waals surface area contributed by atoms with E-state index in [0.717, 1.165) is 11.3 Å². The second kappa shape index (κ2) is 7.77. The van der Waals surface area contributed by atoms with Gasteiger partial charge in [-0.2, -0.15) is 0 Å². The van der Waals surface area contributed by atoms with Gasteiger partial charge in [0.25, 0.3) is 0 Å². The fraction of sp³-hybridized carbons (Fsp3) is 0.571. The van der Waals surface area contributed by atoms with Gasteiger partial charge in [0.2, 0.25) is 0 Å². The Kier molecular flexibility index (Phi) is 6.68. The van der Waals surface area contributed by atoms with Crippen molar-refractivity contribution < 1.29 is 9.50 Å². The molecule has 102 valence electrons. The molecule has 2 nitrogen and oxygen atoms in total. The Bertz CT molecular complexity index is 371. The maximum Gasteiger partial charge on any atom is 0.137 e. The van der Waals surface area contributed by atoms with Crippen LogP contribution in [0.1, 0.15) is 26.3 Å². The molecule has 0 heterocycles. The molecule has 18 heavy (non-hydrogen) atoms. The SMILES string of the molecule is CC(CO)CSc1c(F)cccc1CNC(C)C. The van der Waals surface area contributed by atoms with Gasteiger partial charge in [-0.15, -0.1) is 11.8 Å². The lowest BCUT2D eigenvalue weighted by atomic mass is 10.2. The Hall–Kier alpha value is -0.580. The van der Waals surface area contributed by atoms with E-state index < -0.39 is 0 Å². The van der Waals surface area contributed by atoms with Crippen LogP contribution in [0.15, 0.2) is 23.1 Å². The molecule has 2 N–H and O–H groups in total. The van der Waals surface area contributed by atoms with Crippen molar-refractivity contribution in [3.05, 3.63) is 29.6 Å². The third kappa shape index (κ3) is 4.96. The predicted molar refractivity (Wildman–Crippen MR) is 75.3 cm³/mol. The molecular weight excluding hydrogens is 249 g/mol. The number of thioether (sulfide) groups is 1. The molecule has 4 heteroatoms. The average Bonchev–Trinajstić information content (AvgIpc) is 2.34. The van der Waals surface area contributed by atoms with Crippen molar-refractivity contribution >= 4 is 11.8 Å². The summed E-state index contributed by atoms with van der Waals surface area (Å²) in [6.07, 6.45) is 0. The lowest BCUT2D eigenvalue weighted by Gasteiger charge is -2.14. The fourth-order valence-electron chi connectivity index (χ4n) is 1.45. The van der Waals surface area contributed by atoms with Crippen molar-refractivity contribution in [3.8, 4) is 0 Å². The van der Waals surface area contributed by atoms with Crippen LogP contribution < -0.4 is 5.32 Å². The van der Waals surface area contributed by atoms with Crippen LogP contribution >= 0.6 is 11.8 Å². The zero-order valence-corrected chi connectivity index (χ0v) is 12.1. The minimum absolute atomic E-state index is 0.140. The standard InChI is InChI=1S/C14H22FNOS/c1-10(2)16-7-12-5-4-6-13(15)14(12)18-9-11(3)8-17/h4-6,10-11,16-17H,7-9H2,1-3H3. The lowest BCUT2D eigenvalue weighted by Crippen LogP contribution is -2.22. The summed E-state index contributed by atoms with van der Waals surface area (Å²) in [6, 6.07) is 5.56. The fourth-order valence-corrected chi connectivity index (χ4v) is 2.53. The molecule has 0 bridgehead atoms. The van der Waals surface area contributed by atoms with Crippen LogP contribution in [0.2, 0.25) is 0 Å². The van der Waals surface area contributed by atoms with E-state index in [9.17, 15) is 4.39 Å². The highest BCUT2D eigenvalue weighted by molar-refractivity contribution is 7.99. The van der Waals surface area contributed by atoms with E-state index in [-0.39, 0.29) is 18.3 Å². The first-order chi connectivity index (χ1) is 8.54. The molecule has 0 aliphatic carbocycles. The van der Waals surface area contributed by atoms with Gasteiger partial charge in [-0.25, -0.2) is 4.39 Å². The van der Waals surface area contributed by atoms with Crippen molar-refractivity contribution in [2.24, 2.45) is 5.92 Å². The summed E-state index contributed by atoms with van der Waals surface area (Å²) in [4.78, 5) is 0.700. The molecule has 1 aromatic rings. The largest absolute Gasteiger partial charge is 0.396 e. The highest BCUT2D eigenvalue weighted by atomic mass is 32.2. The molecule has 0 radical (unpaired) electrons. The maximum atomic E-state index is 13.8. The van der Waals surface area contributed by atoms with Crippen molar-refractivity contribution in [3.63, 3.8) is 0 Å². The maximum absolute atomic E-state index is 13.8. The molecule has 0 amide bonds. The first-order valence-corrected chi connectivity index (χ1v) is 7.27. The van der Waals surface area contributed by atoms with Crippen molar-refractivity contribution in [1.82, 2.24) is 5.32 Å². The van der Waals surface area contributed by atoms with E-state index >= 15 is 0 Å². The van der Waals surface area contributed by atoms with Crippen molar-refractivity contribution in [1.29, 1.82) is 0 Å². The number of aliphatic hydroxyl groups excluding tert-OH is 1. The predicted octanol–water partition coefficient (Wildman–Crippen LogP) is 3.04. The number of nitrogens with one attached hydrogen (secondary N) is 1. The molecule has 1 rings (SSSR count). The number of hydrogen-bond acceptors (Lipinski definition) is 3. The first kappa shape index (κ1) is 15.5. The first-order valence-electron chi connectivity index (χ1n) is 6.29. The van der Waals surface area contributed by atoms with E-state index in [1.165, 1.54) is 17.8 Å². The van der Waals surface area contributed by atoms with Crippen molar-refractivity contribution in [2.75, 3.05) is 12.4 Å². The molecule has 1 aromatic carbocycles. The van der Waals surface area contributed by atoms with Gasteiger partial charge < -0.3 is 10.4 Å². The van der Waals surface area contributed by atoms with Crippen molar-refractivity contribution in [2.45, 2.75) is 38.3 Å². The third-order valence-electron chi connectivity index (χ3n) is 2.57. The van der Waals surface area contributed by atoms with E-state index in [2.05, 4.69) is 19.2 Å². The van der Waals surface area contributed by atoms with Crippen LogP contribution in [0.4, 0.5) is 4.39 Å². The van der Waals surface area contributed by atoms with Gasteiger partial charge in [-0.3, -0.25) is 0 Å². The molecule has 0 spiro atoms. The summed E-state index contributed by atoms with van der Waals surface area (Å²) in [6.45, 7) is 6.91. The van der Waals surface area contributed by atoms with Crippen LogP contribution in [0.25, 0.3) is 0 Å². The molecule has 1 atom stereocenters. The Morgan fingerprint density at radius 2 is 2.06 bits per heavy atom. The normalized spacial score (nSPS) is 13.0. The summed E-state index contributed by atoms with van der Waals surface area (Å²) in [5.41, 5.74) is 0.985. The number of benzene rings is 1. The van der Waals surface area contributed by atoms with Gasteiger partial charge in [-0.1, -0.05) is 32.9 Å².